The van der Waals surface area contributed by atoms with Crippen molar-refractivity contribution in [3.05, 3.63) is 18.0 Å². The highest BCUT2D eigenvalue weighted by atomic mass is 32.2. The number of aliphatic hydroxyl groups excluding tert-OH is 1. The first-order valence-electron chi connectivity index (χ1n) is 6.00. The van der Waals surface area contributed by atoms with Gasteiger partial charge in [0.15, 0.2) is 0 Å². The Morgan fingerprint density at radius 1 is 1.56 bits per heavy atom. The lowest BCUT2D eigenvalue weighted by molar-refractivity contribution is 0.123. The van der Waals surface area contributed by atoms with Gasteiger partial charge in [0.05, 0.1) is 11.8 Å². The van der Waals surface area contributed by atoms with E-state index in [9.17, 15) is 13.5 Å². The van der Waals surface area contributed by atoms with Crippen LogP contribution in [-0.2, 0) is 15.8 Å². The van der Waals surface area contributed by atoms with Crippen molar-refractivity contribution >= 4 is 10.0 Å². The lowest BCUT2D eigenvalue weighted by Crippen LogP contribution is -2.35. The van der Waals surface area contributed by atoms with Gasteiger partial charge in [0.25, 0.3) is 0 Å². The quantitative estimate of drug-likeness (QED) is 0.850. The SMILES string of the molecule is CN(CC1CCCC1O)S(=O)(=O)Cc1ccon1. The van der Waals surface area contributed by atoms with Crippen LogP contribution >= 0.6 is 0 Å². The van der Waals surface area contributed by atoms with Gasteiger partial charge in [-0.3, -0.25) is 0 Å². The Bertz CT molecular complexity index is 471. The van der Waals surface area contributed by atoms with Crippen LogP contribution in [0.1, 0.15) is 25.0 Å². The highest BCUT2D eigenvalue weighted by Gasteiger charge is 2.30. The first-order chi connectivity index (χ1) is 8.49. The van der Waals surface area contributed by atoms with Crippen LogP contribution in [0.15, 0.2) is 16.9 Å². The van der Waals surface area contributed by atoms with Gasteiger partial charge in [-0.1, -0.05) is 11.6 Å². The van der Waals surface area contributed by atoms with Crippen molar-refractivity contribution in [3.63, 3.8) is 0 Å². The van der Waals surface area contributed by atoms with Crippen molar-refractivity contribution in [1.82, 2.24) is 9.46 Å². The van der Waals surface area contributed by atoms with E-state index in [-0.39, 0.29) is 17.8 Å². The Hall–Kier alpha value is -0.920. The first kappa shape index (κ1) is 13.5. The molecule has 1 saturated carbocycles. The van der Waals surface area contributed by atoms with E-state index in [1.165, 1.54) is 16.6 Å². The molecule has 0 aliphatic heterocycles. The molecule has 2 rings (SSSR count). The molecule has 0 saturated heterocycles. The van der Waals surface area contributed by atoms with Crippen LogP contribution in [0, 0.1) is 5.92 Å². The average Bonchev–Trinajstić information content (AvgIpc) is 2.91. The van der Waals surface area contributed by atoms with E-state index in [1.807, 2.05) is 0 Å². The number of hydrogen-bond acceptors (Lipinski definition) is 5. The molecule has 18 heavy (non-hydrogen) atoms. The predicted molar refractivity (Wildman–Crippen MR) is 65.1 cm³/mol. The molecule has 1 heterocycles. The average molecular weight is 274 g/mol. The zero-order valence-electron chi connectivity index (χ0n) is 10.3. The zero-order valence-corrected chi connectivity index (χ0v) is 11.1. The smallest absolute Gasteiger partial charge is 0.219 e. The predicted octanol–water partition coefficient (Wildman–Crippen LogP) is 0.597. The van der Waals surface area contributed by atoms with Crippen LogP contribution < -0.4 is 0 Å². The van der Waals surface area contributed by atoms with Crippen LogP contribution in [0.5, 0.6) is 0 Å². The molecule has 2 atom stereocenters. The Labute approximate surface area is 107 Å². The summed E-state index contributed by atoms with van der Waals surface area (Å²) in [6, 6.07) is 1.54. The summed E-state index contributed by atoms with van der Waals surface area (Å²) in [5.74, 6) is -0.120. The molecule has 1 N–H and O–H groups in total. The molecular weight excluding hydrogens is 256 g/mol. The zero-order chi connectivity index (χ0) is 13.2. The topological polar surface area (TPSA) is 83.6 Å². The molecule has 1 fully saturated rings. The molecule has 6 nitrogen and oxygen atoms in total. The fourth-order valence-electron chi connectivity index (χ4n) is 2.28. The monoisotopic (exact) mass is 274 g/mol. The second kappa shape index (κ2) is 5.38. The highest BCUT2D eigenvalue weighted by molar-refractivity contribution is 7.88. The van der Waals surface area contributed by atoms with E-state index in [2.05, 4.69) is 9.68 Å². The van der Waals surface area contributed by atoms with Gasteiger partial charge in [0, 0.05) is 19.7 Å². The van der Waals surface area contributed by atoms with Crippen molar-refractivity contribution in [2.75, 3.05) is 13.6 Å². The van der Waals surface area contributed by atoms with Gasteiger partial charge >= 0.3 is 0 Å². The number of nitrogens with zero attached hydrogens (tertiary/aromatic N) is 2. The third kappa shape index (κ3) is 3.09. The number of rotatable bonds is 5. The molecule has 1 aliphatic carbocycles. The summed E-state index contributed by atoms with van der Waals surface area (Å²) < 4.78 is 30.0. The number of hydrogen-bond donors (Lipinski definition) is 1. The van der Waals surface area contributed by atoms with Crippen LogP contribution in [0.4, 0.5) is 0 Å². The Kier molecular flexibility index (Phi) is 4.04. The molecule has 0 bridgehead atoms. The number of sulfonamides is 1. The molecule has 0 radical (unpaired) electrons. The van der Waals surface area contributed by atoms with E-state index in [0.29, 0.717) is 12.2 Å². The Morgan fingerprint density at radius 2 is 2.33 bits per heavy atom. The van der Waals surface area contributed by atoms with Gasteiger partial charge in [0.2, 0.25) is 10.0 Å². The van der Waals surface area contributed by atoms with E-state index in [1.54, 1.807) is 7.05 Å². The molecule has 1 aromatic heterocycles. The minimum atomic E-state index is -3.39. The largest absolute Gasteiger partial charge is 0.393 e. The van der Waals surface area contributed by atoms with E-state index in [4.69, 9.17) is 0 Å². The maximum atomic E-state index is 12.1. The molecule has 102 valence electrons. The van der Waals surface area contributed by atoms with Crippen LogP contribution in [0.25, 0.3) is 0 Å². The molecule has 7 heteroatoms. The van der Waals surface area contributed by atoms with Crippen LogP contribution in [-0.4, -0.2) is 42.7 Å². The number of aromatic nitrogens is 1. The third-order valence-corrected chi connectivity index (χ3v) is 5.17. The van der Waals surface area contributed by atoms with Crippen LogP contribution in [0.2, 0.25) is 0 Å². The van der Waals surface area contributed by atoms with Gasteiger partial charge in [-0.05, 0) is 18.8 Å². The molecule has 2 unspecified atom stereocenters. The van der Waals surface area contributed by atoms with Crippen molar-refractivity contribution in [2.45, 2.75) is 31.1 Å². The van der Waals surface area contributed by atoms with E-state index in [0.717, 1.165) is 19.3 Å². The van der Waals surface area contributed by atoms with Crippen LogP contribution in [0.3, 0.4) is 0 Å². The molecular formula is C11H18N2O4S. The van der Waals surface area contributed by atoms with Crippen molar-refractivity contribution < 1.29 is 18.0 Å². The summed E-state index contributed by atoms with van der Waals surface area (Å²) in [5.41, 5.74) is 0.397. The van der Waals surface area contributed by atoms with Gasteiger partial charge in [-0.2, -0.15) is 0 Å². The normalized spacial score (nSPS) is 24.8. The van der Waals surface area contributed by atoms with Crippen molar-refractivity contribution in [3.8, 4) is 0 Å². The second-order valence-corrected chi connectivity index (χ2v) is 6.86. The minimum Gasteiger partial charge on any atom is -0.393 e. The summed E-state index contributed by atoms with van der Waals surface area (Å²) in [4.78, 5) is 0. The standard InChI is InChI=1S/C11H18N2O4S/c1-13(7-9-3-2-4-11(9)14)18(15,16)8-10-5-6-17-12-10/h5-6,9,11,14H,2-4,7-8H2,1H3. The molecule has 1 aromatic rings. The maximum absolute atomic E-state index is 12.1. The Morgan fingerprint density at radius 3 is 2.89 bits per heavy atom. The minimum absolute atomic E-state index is 0.0436. The first-order valence-corrected chi connectivity index (χ1v) is 7.61. The molecule has 0 amide bonds. The molecule has 0 aromatic carbocycles. The lowest BCUT2D eigenvalue weighted by atomic mass is 10.1. The third-order valence-electron chi connectivity index (χ3n) is 3.41. The van der Waals surface area contributed by atoms with Crippen molar-refractivity contribution in [2.24, 2.45) is 5.92 Å². The fraction of sp³-hybridized carbons (Fsp3) is 0.727. The maximum Gasteiger partial charge on any atom is 0.219 e. The van der Waals surface area contributed by atoms with Gasteiger partial charge < -0.3 is 9.63 Å². The van der Waals surface area contributed by atoms with Crippen molar-refractivity contribution in [1.29, 1.82) is 0 Å². The molecule has 1 aliphatic rings. The van der Waals surface area contributed by atoms with Gasteiger partial charge in [-0.25, -0.2) is 12.7 Å². The second-order valence-electron chi connectivity index (χ2n) is 4.79. The molecule has 0 spiro atoms. The fourth-order valence-corrected chi connectivity index (χ4v) is 3.44. The summed E-state index contributed by atoms with van der Waals surface area (Å²) in [5, 5.41) is 13.3. The van der Waals surface area contributed by atoms with E-state index < -0.39 is 10.0 Å². The summed E-state index contributed by atoms with van der Waals surface area (Å²) >= 11 is 0. The summed E-state index contributed by atoms with van der Waals surface area (Å²) in [6.07, 6.45) is 3.58. The lowest BCUT2D eigenvalue weighted by Gasteiger charge is -2.22. The van der Waals surface area contributed by atoms with Gasteiger partial charge in [0.1, 0.15) is 12.0 Å². The number of aliphatic hydroxyl groups is 1. The Balaban J connectivity index is 1.96. The summed E-state index contributed by atoms with van der Waals surface area (Å²) in [6.45, 7) is 0.362. The van der Waals surface area contributed by atoms with E-state index >= 15 is 0 Å². The highest BCUT2D eigenvalue weighted by Crippen LogP contribution is 2.26. The van der Waals surface area contributed by atoms with Gasteiger partial charge in [-0.15, -0.1) is 0 Å². The summed E-state index contributed by atoms with van der Waals surface area (Å²) in [7, 11) is -1.85.